The van der Waals surface area contributed by atoms with E-state index in [2.05, 4.69) is 0 Å². The molecule has 1 amide bonds. The monoisotopic (exact) mass is 436 g/mol. The molecule has 0 aliphatic carbocycles. The van der Waals surface area contributed by atoms with Crippen LogP contribution in [0.1, 0.15) is 17.2 Å². The van der Waals surface area contributed by atoms with Crippen LogP contribution in [0.4, 0.5) is 4.39 Å². The average Bonchev–Trinajstić information content (AvgIpc) is 2.93. The fraction of sp³-hybridized carbons (Fsp3) is 0.238. The number of likely N-dealkylation sites (N-methyl/N-ethyl adjacent to an activating group) is 1. The van der Waals surface area contributed by atoms with E-state index < -0.39 is 23.5 Å². The van der Waals surface area contributed by atoms with Gasteiger partial charge in [0.15, 0.2) is 0 Å². The first-order chi connectivity index (χ1) is 13.7. The van der Waals surface area contributed by atoms with E-state index in [1.165, 1.54) is 29.2 Å². The summed E-state index contributed by atoms with van der Waals surface area (Å²) < 4.78 is 13.3. The molecule has 1 fully saturated rings. The maximum absolute atomic E-state index is 13.3. The van der Waals surface area contributed by atoms with E-state index in [0.29, 0.717) is 17.1 Å². The summed E-state index contributed by atoms with van der Waals surface area (Å²) in [5, 5.41) is 11.4. The van der Waals surface area contributed by atoms with Crippen LogP contribution in [0.15, 0.2) is 48.0 Å². The third-order valence-corrected chi connectivity index (χ3v) is 5.44. The Kier molecular flexibility index (Phi) is 6.27. The lowest BCUT2D eigenvalue weighted by Gasteiger charge is -2.26. The molecule has 152 valence electrons. The number of nitrogens with zero attached hydrogens (tertiary/aromatic N) is 2. The molecule has 0 bridgehead atoms. The summed E-state index contributed by atoms with van der Waals surface area (Å²) >= 11 is 12.2. The normalized spacial score (nSPS) is 18.7. The van der Waals surface area contributed by atoms with Crippen LogP contribution in [0.5, 0.6) is 0 Å². The van der Waals surface area contributed by atoms with Gasteiger partial charge in [-0.2, -0.15) is 0 Å². The molecule has 29 heavy (non-hydrogen) atoms. The van der Waals surface area contributed by atoms with Gasteiger partial charge in [0.1, 0.15) is 11.6 Å². The molecule has 0 unspecified atom stereocenters. The summed E-state index contributed by atoms with van der Waals surface area (Å²) in [5.74, 6) is -2.37. The topological polar surface area (TPSA) is 60.9 Å². The number of likely N-dealkylation sites (tertiary alicyclic amines) is 1. The molecular weight excluding hydrogens is 418 g/mol. The van der Waals surface area contributed by atoms with E-state index >= 15 is 0 Å². The second-order valence-corrected chi connectivity index (χ2v) is 7.79. The molecule has 1 N–H and O–H groups in total. The predicted molar refractivity (Wildman–Crippen MR) is 110 cm³/mol. The van der Waals surface area contributed by atoms with Crippen molar-refractivity contribution in [3.8, 4) is 0 Å². The number of carbonyl (C=O) groups is 2. The highest BCUT2D eigenvalue weighted by Crippen LogP contribution is 2.40. The molecule has 2 aromatic carbocycles. The Morgan fingerprint density at radius 1 is 1.10 bits per heavy atom. The fourth-order valence-electron chi connectivity index (χ4n) is 3.21. The average molecular weight is 437 g/mol. The van der Waals surface area contributed by atoms with Gasteiger partial charge in [-0.15, -0.1) is 0 Å². The molecule has 1 aliphatic heterocycles. The van der Waals surface area contributed by atoms with Gasteiger partial charge < -0.3 is 14.9 Å². The van der Waals surface area contributed by atoms with Crippen LogP contribution in [-0.4, -0.2) is 53.8 Å². The highest BCUT2D eigenvalue weighted by Gasteiger charge is 2.46. The first-order valence-electron chi connectivity index (χ1n) is 8.84. The number of hydrogen-bond acceptors (Lipinski definition) is 4. The minimum Gasteiger partial charge on any atom is -0.507 e. The van der Waals surface area contributed by atoms with E-state index in [1.807, 2.05) is 19.0 Å². The van der Waals surface area contributed by atoms with Crippen molar-refractivity contribution in [1.29, 1.82) is 0 Å². The molecule has 8 heteroatoms. The van der Waals surface area contributed by atoms with Crippen molar-refractivity contribution in [2.75, 3.05) is 27.2 Å². The van der Waals surface area contributed by atoms with Gasteiger partial charge in [-0.25, -0.2) is 4.39 Å². The number of rotatable bonds is 5. The Morgan fingerprint density at radius 2 is 1.76 bits per heavy atom. The van der Waals surface area contributed by atoms with Crippen LogP contribution >= 0.6 is 23.2 Å². The number of Topliss-reactive ketones (excluding diaryl/α,β-unsaturated/α-hetero) is 1. The van der Waals surface area contributed by atoms with Gasteiger partial charge in [-0.3, -0.25) is 9.59 Å². The van der Waals surface area contributed by atoms with E-state index in [0.717, 1.165) is 0 Å². The molecule has 0 aromatic heterocycles. The first kappa shape index (κ1) is 21.3. The van der Waals surface area contributed by atoms with E-state index in [4.69, 9.17) is 23.2 Å². The SMILES string of the molecule is CN(C)CCN1C(=O)C(=O)C(=C(O)c2ccc(F)cc2)[C@H]1c1ccc(Cl)c(Cl)c1. The zero-order valence-electron chi connectivity index (χ0n) is 15.8. The zero-order valence-corrected chi connectivity index (χ0v) is 17.3. The second-order valence-electron chi connectivity index (χ2n) is 6.98. The van der Waals surface area contributed by atoms with Gasteiger partial charge in [0.05, 0.1) is 21.7 Å². The molecule has 1 saturated heterocycles. The van der Waals surface area contributed by atoms with Crippen LogP contribution < -0.4 is 0 Å². The van der Waals surface area contributed by atoms with Gasteiger partial charge in [0.25, 0.3) is 11.7 Å². The molecule has 1 aliphatic rings. The predicted octanol–water partition coefficient (Wildman–Crippen LogP) is 4.12. The fourth-order valence-corrected chi connectivity index (χ4v) is 3.52. The lowest BCUT2D eigenvalue weighted by molar-refractivity contribution is -0.140. The molecule has 0 saturated carbocycles. The number of carbonyl (C=O) groups excluding carboxylic acids is 2. The van der Waals surface area contributed by atoms with Crippen LogP contribution in [0.2, 0.25) is 10.0 Å². The van der Waals surface area contributed by atoms with Crippen LogP contribution in [-0.2, 0) is 9.59 Å². The van der Waals surface area contributed by atoms with Crippen LogP contribution in [0.25, 0.3) is 5.76 Å². The van der Waals surface area contributed by atoms with E-state index in [9.17, 15) is 19.1 Å². The highest BCUT2D eigenvalue weighted by atomic mass is 35.5. The lowest BCUT2D eigenvalue weighted by atomic mass is 9.95. The molecule has 0 radical (unpaired) electrons. The number of aliphatic hydroxyl groups excluding tert-OH is 1. The van der Waals surface area contributed by atoms with Crippen LogP contribution in [0.3, 0.4) is 0 Å². The number of ketones is 1. The van der Waals surface area contributed by atoms with Crippen molar-refractivity contribution in [3.05, 3.63) is 75.0 Å². The highest BCUT2D eigenvalue weighted by molar-refractivity contribution is 6.46. The molecular formula is C21H19Cl2FN2O3. The van der Waals surface area contributed by atoms with Crippen molar-refractivity contribution in [2.24, 2.45) is 0 Å². The van der Waals surface area contributed by atoms with Gasteiger partial charge >= 0.3 is 0 Å². The van der Waals surface area contributed by atoms with E-state index in [-0.39, 0.29) is 28.5 Å². The van der Waals surface area contributed by atoms with Gasteiger partial charge in [-0.05, 0) is 56.1 Å². The molecule has 2 aromatic rings. The number of hydrogen-bond donors (Lipinski definition) is 1. The summed E-state index contributed by atoms with van der Waals surface area (Å²) in [6, 6.07) is 9.01. The Balaban J connectivity index is 2.16. The smallest absolute Gasteiger partial charge is 0.295 e. The minimum absolute atomic E-state index is 0.0706. The summed E-state index contributed by atoms with van der Waals surface area (Å²) in [6.45, 7) is 0.782. The van der Waals surface area contributed by atoms with Gasteiger partial charge in [0, 0.05) is 18.7 Å². The maximum Gasteiger partial charge on any atom is 0.295 e. The summed E-state index contributed by atoms with van der Waals surface area (Å²) in [7, 11) is 3.70. The number of aliphatic hydroxyl groups is 1. The van der Waals surface area contributed by atoms with Crippen molar-refractivity contribution in [3.63, 3.8) is 0 Å². The molecule has 1 heterocycles. The third-order valence-electron chi connectivity index (χ3n) is 4.71. The lowest BCUT2D eigenvalue weighted by Crippen LogP contribution is -2.35. The zero-order chi connectivity index (χ0) is 21.3. The summed E-state index contributed by atoms with van der Waals surface area (Å²) in [4.78, 5) is 28.8. The second kappa shape index (κ2) is 8.53. The maximum atomic E-state index is 13.3. The van der Waals surface area contributed by atoms with E-state index in [1.54, 1.807) is 18.2 Å². The quantitative estimate of drug-likeness (QED) is 0.435. The number of benzene rings is 2. The Labute approximate surface area is 177 Å². The molecule has 1 atom stereocenters. The number of amides is 1. The first-order valence-corrected chi connectivity index (χ1v) is 9.60. The van der Waals surface area contributed by atoms with Crippen molar-refractivity contribution >= 4 is 40.7 Å². The third kappa shape index (κ3) is 4.29. The standard InChI is InChI=1S/C21H19Cl2FN2O3/c1-25(2)9-10-26-18(13-5-8-15(22)16(23)11-13)17(20(28)21(26)29)19(27)12-3-6-14(24)7-4-12/h3-8,11,18,27H,9-10H2,1-2H3/t18-/m1/s1. The van der Waals surface area contributed by atoms with Gasteiger partial charge in [-0.1, -0.05) is 29.3 Å². The Morgan fingerprint density at radius 3 is 2.34 bits per heavy atom. The summed E-state index contributed by atoms with van der Waals surface area (Å²) in [5.41, 5.74) is 0.710. The largest absolute Gasteiger partial charge is 0.507 e. The van der Waals surface area contributed by atoms with Crippen molar-refractivity contribution in [1.82, 2.24) is 9.80 Å². The summed E-state index contributed by atoms with van der Waals surface area (Å²) in [6.07, 6.45) is 0. The molecule has 5 nitrogen and oxygen atoms in total. The molecule has 3 rings (SSSR count). The van der Waals surface area contributed by atoms with Crippen LogP contribution in [0, 0.1) is 5.82 Å². The Bertz CT molecular complexity index is 990. The number of halogens is 3. The van der Waals surface area contributed by atoms with Crippen molar-refractivity contribution < 1.29 is 19.1 Å². The van der Waals surface area contributed by atoms with Gasteiger partial charge in [0.2, 0.25) is 0 Å². The molecule has 0 spiro atoms. The minimum atomic E-state index is -0.838. The Hall–Kier alpha value is -2.41. The van der Waals surface area contributed by atoms with Crippen molar-refractivity contribution in [2.45, 2.75) is 6.04 Å².